The second-order valence-electron chi connectivity index (χ2n) is 5.91. The van der Waals surface area contributed by atoms with E-state index in [0.717, 1.165) is 27.2 Å². The van der Waals surface area contributed by atoms with Gasteiger partial charge in [-0.15, -0.1) is 0 Å². The molecular formula is C19H21BrN4O3. The van der Waals surface area contributed by atoms with Gasteiger partial charge in [0.25, 0.3) is 0 Å². The molecule has 7 nitrogen and oxygen atoms in total. The molecule has 0 radical (unpaired) electrons. The van der Waals surface area contributed by atoms with E-state index in [4.69, 9.17) is 4.74 Å². The van der Waals surface area contributed by atoms with Crippen LogP contribution >= 0.6 is 15.9 Å². The molecule has 27 heavy (non-hydrogen) atoms. The van der Waals surface area contributed by atoms with Crippen LogP contribution in [0.3, 0.4) is 0 Å². The van der Waals surface area contributed by atoms with Gasteiger partial charge in [-0.25, -0.2) is 5.43 Å². The molecule has 3 N–H and O–H groups in total. The quantitative estimate of drug-likeness (QED) is 0.371. The van der Waals surface area contributed by atoms with Gasteiger partial charge >= 0.3 is 11.8 Å². The highest BCUT2D eigenvalue weighted by Gasteiger charge is 2.13. The number of nitrogens with one attached hydrogen (secondary N) is 3. The first-order valence-corrected chi connectivity index (χ1v) is 9.03. The molecular weight excluding hydrogens is 412 g/mol. The Labute approximate surface area is 166 Å². The standard InChI is InChI=1S/C19H21BrN4O3/c1-12(2)22-18(25)19(26)24-21-11-13-10-14(20)4-9-17(13)23-15-5-7-16(27-3)8-6-15/h4-12,23H,1-3H3,(H,22,25)(H,24,26)/b21-11-. The second-order valence-corrected chi connectivity index (χ2v) is 6.83. The minimum Gasteiger partial charge on any atom is -0.497 e. The van der Waals surface area contributed by atoms with E-state index < -0.39 is 11.8 Å². The average molecular weight is 433 g/mol. The first-order chi connectivity index (χ1) is 12.9. The fraction of sp³-hybridized carbons (Fsp3) is 0.211. The second kappa shape index (κ2) is 9.72. The van der Waals surface area contributed by atoms with E-state index in [-0.39, 0.29) is 6.04 Å². The molecule has 8 heteroatoms. The summed E-state index contributed by atoms with van der Waals surface area (Å²) in [6.45, 7) is 3.54. The molecule has 0 aliphatic heterocycles. The fourth-order valence-corrected chi connectivity index (χ4v) is 2.50. The zero-order valence-corrected chi connectivity index (χ0v) is 16.8. The van der Waals surface area contributed by atoms with Crippen LogP contribution in [0.2, 0.25) is 0 Å². The Bertz CT molecular complexity index is 835. The van der Waals surface area contributed by atoms with Crippen LogP contribution in [-0.4, -0.2) is 31.2 Å². The van der Waals surface area contributed by atoms with E-state index in [9.17, 15) is 9.59 Å². The number of carbonyl (C=O) groups is 2. The van der Waals surface area contributed by atoms with Crippen molar-refractivity contribution in [3.63, 3.8) is 0 Å². The van der Waals surface area contributed by atoms with Crippen LogP contribution in [0.1, 0.15) is 19.4 Å². The van der Waals surface area contributed by atoms with E-state index in [1.807, 2.05) is 42.5 Å². The minimum atomic E-state index is -0.820. The number of rotatable bonds is 6. The lowest BCUT2D eigenvalue weighted by molar-refractivity contribution is -0.139. The molecule has 0 aromatic heterocycles. The molecule has 2 aromatic rings. The summed E-state index contributed by atoms with van der Waals surface area (Å²) < 4.78 is 6.00. The Morgan fingerprint density at radius 1 is 1.11 bits per heavy atom. The highest BCUT2D eigenvalue weighted by Crippen LogP contribution is 2.24. The zero-order valence-electron chi connectivity index (χ0n) is 15.2. The maximum Gasteiger partial charge on any atom is 0.329 e. The summed E-state index contributed by atoms with van der Waals surface area (Å²) in [6.07, 6.45) is 1.47. The highest BCUT2D eigenvalue weighted by atomic mass is 79.9. The highest BCUT2D eigenvalue weighted by molar-refractivity contribution is 9.10. The number of ether oxygens (including phenoxy) is 1. The molecule has 0 spiro atoms. The van der Waals surface area contributed by atoms with Gasteiger partial charge in [0.2, 0.25) is 0 Å². The van der Waals surface area contributed by atoms with Crippen LogP contribution in [0.25, 0.3) is 0 Å². The minimum absolute atomic E-state index is 0.127. The van der Waals surface area contributed by atoms with Crippen LogP contribution in [0.15, 0.2) is 52.0 Å². The molecule has 0 bridgehead atoms. The number of nitrogens with zero attached hydrogens (tertiary/aromatic N) is 1. The molecule has 0 fully saturated rings. The van der Waals surface area contributed by atoms with Crippen LogP contribution in [0.5, 0.6) is 5.75 Å². The van der Waals surface area contributed by atoms with Crippen molar-refractivity contribution in [2.24, 2.45) is 5.10 Å². The van der Waals surface area contributed by atoms with Gasteiger partial charge in [0.05, 0.1) is 13.3 Å². The predicted molar refractivity (Wildman–Crippen MR) is 109 cm³/mol. The number of anilines is 2. The summed E-state index contributed by atoms with van der Waals surface area (Å²) in [5.41, 5.74) is 4.60. The van der Waals surface area contributed by atoms with Gasteiger partial charge in [0, 0.05) is 27.5 Å². The van der Waals surface area contributed by atoms with Crippen LogP contribution in [-0.2, 0) is 9.59 Å². The molecule has 0 atom stereocenters. The Kier molecular flexibility index (Phi) is 7.36. The van der Waals surface area contributed by atoms with Crippen LogP contribution in [0, 0.1) is 0 Å². The van der Waals surface area contributed by atoms with E-state index in [2.05, 4.69) is 37.1 Å². The summed E-state index contributed by atoms with van der Waals surface area (Å²) in [5.74, 6) is -0.784. The third-order valence-corrected chi connectivity index (χ3v) is 3.87. The first-order valence-electron chi connectivity index (χ1n) is 8.23. The molecule has 0 saturated carbocycles. The van der Waals surface area contributed by atoms with Gasteiger partial charge in [0.15, 0.2) is 0 Å². The summed E-state index contributed by atoms with van der Waals surface area (Å²) in [5, 5.41) is 9.65. The normalized spacial score (nSPS) is 10.7. The third-order valence-electron chi connectivity index (χ3n) is 3.38. The van der Waals surface area contributed by atoms with Crippen molar-refractivity contribution in [1.82, 2.24) is 10.7 Å². The lowest BCUT2D eigenvalue weighted by Crippen LogP contribution is -2.41. The van der Waals surface area contributed by atoms with Crippen molar-refractivity contribution >= 4 is 45.3 Å². The topological polar surface area (TPSA) is 91.8 Å². The maximum absolute atomic E-state index is 11.7. The molecule has 0 aliphatic carbocycles. The molecule has 2 amide bonds. The fourth-order valence-electron chi connectivity index (χ4n) is 2.12. The molecule has 0 heterocycles. The van der Waals surface area contributed by atoms with E-state index in [1.165, 1.54) is 6.21 Å². The van der Waals surface area contributed by atoms with Gasteiger partial charge in [-0.3, -0.25) is 9.59 Å². The number of methoxy groups -OCH3 is 1. The lowest BCUT2D eigenvalue weighted by atomic mass is 10.2. The Morgan fingerprint density at radius 2 is 1.81 bits per heavy atom. The van der Waals surface area contributed by atoms with E-state index >= 15 is 0 Å². The third kappa shape index (κ3) is 6.41. The average Bonchev–Trinajstić information content (AvgIpc) is 2.63. The molecule has 0 saturated heterocycles. The zero-order chi connectivity index (χ0) is 19.8. The van der Waals surface area contributed by atoms with Gasteiger partial charge in [0.1, 0.15) is 5.75 Å². The van der Waals surface area contributed by atoms with Gasteiger partial charge < -0.3 is 15.4 Å². The largest absolute Gasteiger partial charge is 0.497 e. The number of hydrogen-bond donors (Lipinski definition) is 3. The number of hydrazone groups is 1. The van der Waals surface area contributed by atoms with Crippen molar-refractivity contribution in [2.75, 3.05) is 12.4 Å². The van der Waals surface area contributed by atoms with Gasteiger partial charge in [-0.1, -0.05) is 15.9 Å². The summed E-state index contributed by atoms with van der Waals surface area (Å²) >= 11 is 3.41. The molecule has 2 rings (SSSR count). The molecule has 0 aliphatic rings. The predicted octanol–water partition coefficient (Wildman–Crippen LogP) is 3.18. The Morgan fingerprint density at radius 3 is 2.44 bits per heavy atom. The van der Waals surface area contributed by atoms with Crippen LogP contribution in [0.4, 0.5) is 11.4 Å². The SMILES string of the molecule is COc1ccc(Nc2ccc(Br)cc2/C=N\NC(=O)C(=O)NC(C)C)cc1. The van der Waals surface area contributed by atoms with Gasteiger partial charge in [-0.05, 0) is 56.3 Å². The summed E-state index contributed by atoms with van der Waals surface area (Å²) in [4.78, 5) is 23.3. The number of amides is 2. The van der Waals surface area contributed by atoms with Crippen molar-refractivity contribution in [3.8, 4) is 5.75 Å². The van der Waals surface area contributed by atoms with Crippen molar-refractivity contribution in [1.29, 1.82) is 0 Å². The van der Waals surface area contributed by atoms with Crippen molar-refractivity contribution in [3.05, 3.63) is 52.5 Å². The number of benzene rings is 2. The number of carbonyl (C=O) groups excluding carboxylic acids is 2. The van der Waals surface area contributed by atoms with Gasteiger partial charge in [-0.2, -0.15) is 5.10 Å². The van der Waals surface area contributed by atoms with Crippen molar-refractivity contribution in [2.45, 2.75) is 19.9 Å². The lowest BCUT2D eigenvalue weighted by Gasteiger charge is -2.11. The maximum atomic E-state index is 11.7. The Hall–Kier alpha value is -2.87. The molecule has 142 valence electrons. The summed E-state index contributed by atoms with van der Waals surface area (Å²) in [6, 6.07) is 13.0. The first kappa shape index (κ1) is 20.4. The number of halogens is 1. The van der Waals surface area contributed by atoms with Crippen molar-refractivity contribution < 1.29 is 14.3 Å². The Balaban J connectivity index is 2.10. The van der Waals surface area contributed by atoms with E-state index in [1.54, 1.807) is 21.0 Å². The molecule has 2 aromatic carbocycles. The monoisotopic (exact) mass is 432 g/mol. The smallest absolute Gasteiger partial charge is 0.329 e. The number of hydrogen-bond acceptors (Lipinski definition) is 5. The van der Waals surface area contributed by atoms with E-state index in [0.29, 0.717) is 0 Å². The van der Waals surface area contributed by atoms with Crippen LogP contribution < -0.4 is 20.8 Å². The molecule has 0 unspecified atom stereocenters. The summed E-state index contributed by atoms with van der Waals surface area (Å²) in [7, 11) is 1.61.